The summed E-state index contributed by atoms with van der Waals surface area (Å²) < 4.78 is 0. The normalized spacial score (nSPS) is 21.1. The van der Waals surface area contributed by atoms with Gasteiger partial charge >= 0.3 is 0 Å². The number of nitrogen functional groups attached to an aromatic ring is 1. The van der Waals surface area contributed by atoms with Crippen LogP contribution in [0.15, 0.2) is 6.33 Å². The SMILES string of the molecule is CCc1c(NN)ncnc1N1CCN(C)CC1C. The highest BCUT2D eigenvalue weighted by Crippen LogP contribution is 2.26. The third-order valence-electron chi connectivity index (χ3n) is 3.52. The zero-order valence-corrected chi connectivity index (χ0v) is 11.3. The molecule has 0 radical (unpaired) electrons. The van der Waals surface area contributed by atoms with Crippen LogP contribution in [-0.4, -0.2) is 47.6 Å². The largest absolute Gasteiger partial charge is 0.351 e. The summed E-state index contributed by atoms with van der Waals surface area (Å²) in [6.45, 7) is 7.43. The Morgan fingerprint density at radius 2 is 2.22 bits per heavy atom. The van der Waals surface area contributed by atoms with E-state index in [4.69, 9.17) is 5.84 Å². The van der Waals surface area contributed by atoms with E-state index in [-0.39, 0.29) is 0 Å². The number of hydrogen-bond donors (Lipinski definition) is 2. The smallest absolute Gasteiger partial charge is 0.148 e. The lowest BCUT2D eigenvalue weighted by Crippen LogP contribution is -2.51. The molecule has 100 valence electrons. The number of nitrogens with one attached hydrogen (secondary N) is 1. The molecule has 1 unspecified atom stereocenters. The summed E-state index contributed by atoms with van der Waals surface area (Å²) in [4.78, 5) is 13.3. The first-order chi connectivity index (χ1) is 8.67. The molecule has 1 aromatic rings. The summed E-state index contributed by atoms with van der Waals surface area (Å²) in [5.74, 6) is 7.26. The Morgan fingerprint density at radius 3 is 2.83 bits per heavy atom. The minimum absolute atomic E-state index is 0.453. The van der Waals surface area contributed by atoms with Crippen molar-refractivity contribution in [3.63, 3.8) is 0 Å². The molecule has 0 bridgehead atoms. The lowest BCUT2D eigenvalue weighted by molar-refractivity contribution is 0.274. The second-order valence-electron chi connectivity index (χ2n) is 4.83. The Hall–Kier alpha value is -1.40. The van der Waals surface area contributed by atoms with Gasteiger partial charge in [-0.15, -0.1) is 0 Å². The van der Waals surface area contributed by atoms with E-state index in [9.17, 15) is 0 Å². The molecular weight excluding hydrogens is 228 g/mol. The first kappa shape index (κ1) is 13.0. The summed E-state index contributed by atoms with van der Waals surface area (Å²) >= 11 is 0. The van der Waals surface area contributed by atoms with Crippen molar-refractivity contribution in [2.24, 2.45) is 5.84 Å². The molecule has 0 amide bonds. The number of likely N-dealkylation sites (N-methyl/N-ethyl adjacent to an activating group) is 1. The van der Waals surface area contributed by atoms with Crippen LogP contribution in [0.1, 0.15) is 19.4 Å². The number of nitrogens with zero attached hydrogens (tertiary/aromatic N) is 4. The van der Waals surface area contributed by atoms with Crippen molar-refractivity contribution in [2.75, 3.05) is 37.0 Å². The van der Waals surface area contributed by atoms with Gasteiger partial charge in [0.05, 0.1) is 0 Å². The number of rotatable bonds is 3. The van der Waals surface area contributed by atoms with Crippen molar-refractivity contribution >= 4 is 11.6 Å². The summed E-state index contributed by atoms with van der Waals surface area (Å²) in [6.07, 6.45) is 2.45. The number of nitrogens with two attached hydrogens (primary N) is 1. The van der Waals surface area contributed by atoms with E-state index >= 15 is 0 Å². The zero-order valence-electron chi connectivity index (χ0n) is 11.3. The second kappa shape index (κ2) is 5.49. The van der Waals surface area contributed by atoms with Crippen LogP contribution >= 0.6 is 0 Å². The van der Waals surface area contributed by atoms with E-state index < -0.39 is 0 Å². The minimum Gasteiger partial charge on any atom is -0.351 e. The average molecular weight is 250 g/mol. The summed E-state index contributed by atoms with van der Waals surface area (Å²) in [5.41, 5.74) is 3.76. The Balaban J connectivity index is 2.32. The van der Waals surface area contributed by atoms with E-state index in [1.807, 2.05) is 0 Å². The highest BCUT2D eigenvalue weighted by atomic mass is 15.3. The molecule has 1 fully saturated rings. The number of anilines is 2. The van der Waals surface area contributed by atoms with E-state index in [1.54, 1.807) is 6.33 Å². The van der Waals surface area contributed by atoms with Gasteiger partial charge in [0.2, 0.25) is 0 Å². The van der Waals surface area contributed by atoms with Crippen molar-refractivity contribution in [1.82, 2.24) is 14.9 Å². The van der Waals surface area contributed by atoms with Crippen LogP contribution in [0.25, 0.3) is 0 Å². The molecule has 0 spiro atoms. The predicted octanol–water partition coefficient (Wildman–Crippen LogP) is 0.465. The van der Waals surface area contributed by atoms with Crippen LogP contribution in [0.3, 0.4) is 0 Å². The van der Waals surface area contributed by atoms with Crippen molar-refractivity contribution in [3.05, 3.63) is 11.9 Å². The van der Waals surface area contributed by atoms with Crippen molar-refractivity contribution in [1.29, 1.82) is 0 Å². The Kier molecular flexibility index (Phi) is 3.98. The standard InChI is InChI=1S/C12H22N6/c1-4-10-11(16-13)14-8-15-12(10)18-6-5-17(3)7-9(18)2/h8-9H,4-7,13H2,1-3H3,(H,14,15,16). The second-order valence-corrected chi connectivity index (χ2v) is 4.83. The maximum Gasteiger partial charge on any atom is 0.148 e. The molecular formula is C12H22N6. The molecule has 1 atom stereocenters. The van der Waals surface area contributed by atoms with Crippen molar-refractivity contribution in [3.8, 4) is 0 Å². The molecule has 0 aliphatic carbocycles. The fourth-order valence-corrected chi connectivity index (χ4v) is 2.55. The molecule has 18 heavy (non-hydrogen) atoms. The Bertz CT molecular complexity index is 408. The van der Waals surface area contributed by atoms with Crippen LogP contribution in [0.5, 0.6) is 0 Å². The van der Waals surface area contributed by atoms with Gasteiger partial charge in [-0.1, -0.05) is 6.92 Å². The molecule has 2 rings (SSSR count). The van der Waals surface area contributed by atoms with Crippen LogP contribution in [0.2, 0.25) is 0 Å². The fourth-order valence-electron chi connectivity index (χ4n) is 2.55. The monoisotopic (exact) mass is 250 g/mol. The predicted molar refractivity (Wildman–Crippen MR) is 73.5 cm³/mol. The molecule has 0 aromatic carbocycles. The van der Waals surface area contributed by atoms with Crippen LogP contribution in [0, 0.1) is 0 Å². The first-order valence-corrected chi connectivity index (χ1v) is 6.43. The number of hydrogen-bond acceptors (Lipinski definition) is 6. The molecule has 0 saturated carbocycles. The van der Waals surface area contributed by atoms with Gasteiger partial charge in [0.1, 0.15) is 18.0 Å². The maximum absolute atomic E-state index is 5.51. The third-order valence-corrected chi connectivity index (χ3v) is 3.52. The third kappa shape index (κ3) is 2.39. The quantitative estimate of drug-likeness (QED) is 0.600. The van der Waals surface area contributed by atoms with Gasteiger partial charge in [-0.05, 0) is 20.4 Å². The van der Waals surface area contributed by atoms with E-state index in [1.165, 1.54) is 0 Å². The van der Waals surface area contributed by atoms with Gasteiger partial charge in [-0.2, -0.15) is 0 Å². The van der Waals surface area contributed by atoms with Gasteiger partial charge in [0, 0.05) is 31.2 Å². The summed E-state index contributed by atoms with van der Waals surface area (Å²) in [5, 5.41) is 0. The molecule has 2 heterocycles. The summed E-state index contributed by atoms with van der Waals surface area (Å²) in [7, 11) is 2.15. The average Bonchev–Trinajstić information content (AvgIpc) is 2.37. The lowest BCUT2D eigenvalue weighted by Gasteiger charge is -2.39. The Labute approximate surface area is 108 Å². The summed E-state index contributed by atoms with van der Waals surface area (Å²) in [6, 6.07) is 0.453. The Morgan fingerprint density at radius 1 is 1.44 bits per heavy atom. The van der Waals surface area contributed by atoms with E-state index in [0.717, 1.165) is 43.3 Å². The van der Waals surface area contributed by atoms with Crippen LogP contribution in [0.4, 0.5) is 11.6 Å². The van der Waals surface area contributed by atoms with E-state index in [0.29, 0.717) is 6.04 Å². The first-order valence-electron chi connectivity index (χ1n) is 6.43. The molecule has 1 saturated heterocycles. The number of piperazine rings is 1. The molecule has 1 aromatic heterocycles. The van der Waals surface area contributed by atoms with Crippen LogP contribution in [-0.2, 0) is 6.42 Å². The van der Waals surface area contributed by atoms with Gasteiger partial charge in [0.15, 0.2) is 0 Å². The molecule has 1 aliphatic rings. The molecule has 1 aliphatic heterocycles. The highest BCUT2D eigenvalue weighted by Gasteiger charge is 2.25. The van der Waals surface area contributed by atoms with Gasteiger partial charge in [0.25, 0.3) is 0 Å². The van der Waals surface area contributed by atoms with Crippen molar-refractivity contribution in [2.45, 2.75) is 26.3 Å². The maximum atomic E-state index is 5.51. The fraction of sp³-hybridized carbons (Fsp3) is 0.667. The topological polar surface area (TPSA) is 70.3 Å². The number of hydrazine groups is 1. The number of aromatic nitrogens is 2. The van der Waals surface area contributed by atoms with Gasteiger partial charge in [-0.25, -0.2) is 15.8 Å². The van der Waals surface area contributed by atoms with E-state index in [2.05, 4.69) is 46.1 Å². The van der Waals surface area contributed by atoms with Crippen LogP contribution < -0.4 is 16.2 Å². The van der Waals surface area contributed by atoms with Crippen molar-refractivity contribution < 1.29 is 0 Å². The lowest BCUT2D eigenvalue weighted by atomic mass is 10.1. The molecule has 6 heteroatoms. The molecule has 3 N–H and O–H groups in total. The van der Waals surface area contributed by atoms with Gasteiger partial charge in [-0.3, -0.25) is 0 Å². The minimum atomic E-state index is 0.453. The zero-order chi connectivity index (χ0) is 13.1. The molecule has 6 nitrogen and oxygen atoms in total. The highest BCUT2D eigenvalue weighted by molar-refractivity contribution is 5.59. The van der Waals surface area contributed by atoms with Gasteiger partial charge < -0.3 is 15.2 Å².